The third kappa shape index (κ3) is 17.1. The summed E-state index contributed by atoms with van der Waals surface area (Å²) in [6.45, 7) is 9.94. The maximum atomic E-state index is 6.09. The molecule has 25 heavy (non-hydrogen) atoms. The largest absolute Gasteiger partial charge is 0.203 e. The molecule has 0 saturated carbocycles. The van der Waals surface area contributed by atoms with E-state index in [2.05, 4.69) is 27.8 Å². The fraction of sp³-hybridized carbons (Fsp3) is 1.00. The van der Waals surface area contributed by atoms with Crippen LogP contribution < -0.4 is 0 Å². The maximum Gasteiger partial charge on any atom is 0.109 e. The molecule has 0 aliphatic rings. The molecule has 0 aliphatic carbocycles. The van der Waals surface area contributed by atoms with Crippen molar-refractivity contribution in [1.29, 1.82) is 0 Å². The van der Waals surface area contributed by atoms with E-state index in [0.29, 0.717) is 0 Å². The van der Waals surface area contributed by atoms with Crippen molar-refractivity contribution in [1.82, 2.24) is 0 Å². The summed E-state index contributed by atoms with van der Waals surface area (Å²) in [5.74, 6) is 0. The van der Waals surface area contributed by atoms with Gasteiger partial charge < -0.3 is 0 Å². The zero-order valence-corrected chi connectivity index (χ0v) is 18.3. The predicted molar refractivity (Wildman–Crippen MR) is 113 cm³/mol. The lowest BCUT2D eigenvalue weighted by molar-refractivity contribution is -1.09. The van der Waals surface area contributed by atoms with Crippen LogP contribution in [0.25, 0.3) is 0 Å². The molecule has 2 nitrogen and oxygen atoms in total. The molecular weight excluding hydrogens is 306 g/mol. The Hall–Kier alpha value is -0.0800. The van der Waals surface area contributed by atoms with Crippen LogP contribution in [0.15, 0.2) is 0 Å². The van der Waals surface area contributed by atoms with Gasteiger partial charge in [0.1, 0.15) is 19.7 Å². The molecule has 0 atom stereocenters. The van der Waals surface area contributed by atoms with Crippen LogP contribution >= 0.6 is 0 Å². The van der Waals surface area contributed by atoms with E-state index in [1.807, 2.05) is 0 Å². The Morgan fingerprint density at radius 3 is 1.12 bits per heavy atom. The Kier molecular flexibility index (Phi) is 18.6. The van der Waals surface area contributed by atoms with Gasteiger partial charge in [-0.05, 0) is 32.6 Å². The van der Waals surface area contributed by atoms with Crippen molar-refractivity contribution in [3.8, 4) is 0 Å². The number of unbranched alkanes of at least 4 members (excludes halogenated alkanes) is 14. The number of quaternary nitrogens is 1. The van der Waals surface area contributed by atoms with E-state index in [0.717, 1.165) is 11.3 Å². The van der Waals surface area contributed by atoms with Gasteiger partial charge in [-0.3, -0.25) is 0 Å². The van der Waals surface area contributed by atoms with Gasteiger partial charge in [-0.1, -0.05) is 90.9 Å². The Bertz CT molecular complexity index is 234. The standard InChI is InChI=1S/C23H50NO/c1-5-8-10-12-14-16-18-20-22-24(4,25-7-3)23-21-19-17-15-13-11-9-6-2/h5-23H2,1-4H3/q+1. The SMILES string of the molecule is CCCCCCCCCC[N+](C)(CCCCCCCCCC)OCC. The molecule has 0 fully saturated rings. The molecule has 0 N–H and O–H groups in total. The van der Waals surface area contributed by atoms with Gasteiger partial charge >= 0.3 is 0 Å². The van der Waals surface area contributed by atoms with E-state index in [-0.39, 0.29) is 0 Å². The maximum absolute atomic E-state index is 6.09. The van der Waals surface area contributed by atoms with Crippen LogP contribution in [0.3, 0.4) is 0 Å². The van der Waals surface area contributed by atoms with Crippen LogP contribution in [-0.2, 0) is 4.84 Å². The van der Waals surface area contributed by atoms with Crippen molar-refractivity contribution in [3.63, 3.8) is 0 Å². The third-order valence-electron chi connectivity index (χ3n) is 5.41. The monoisotopic (exact) mass is 356 g/mol. The summed E-state index contributed by atoms with van der Waals surface area (Å²) in [4.78, 5) is 6.09. The molecule has 0 aromatic carbocycles. The molecule has 152 valence electrons. The summed E-state index contributed by atoms with van der Waals surface area (Å²) in [5, 5.41) is 0. The van der Waals surface area contributed by atoms with Crippen molar-refractivity contribution in [2.75, 3.05) is 26.7 Å². The number of hydroxylamine groups is 3. The zero-order valence-electron chi connectivity index (χ0n) is 18.3. The Morgan fingerprint density at radius 1 is 0.480 bits per heavy atom. The second-order valence-electron chi connectivity index (χ2n) is 8.11. The van der Waals surface area contributed by atoms with Crippen LogP contribution in [0.4, 0.5) is 0 Å². The normalized spacial score (nSPS) is 12.0. The van der Waals surface area contributed by atoms with Gasteiger partial charge in [-0.25, -0.2) is 4.84 Å². The fourth-order valence-corrected chi connectivity index (χ4v) is 3.71. The molecule has 0 bridgehead atoms. The Morgan fingerprint density at radius 2 is 0.800 bits per heavy atom. The van der Waals surface area contributed by atoms with Gasteiger partial charge in [0, 0.05) is 0 Å². The molecule has 0 amide bonds. The number of hydrogen-bond donors (Lipinski definition) is 0. The van der Waals surface area contributed by atoms with Crippen molar-refractivity contribution in [2.24, 2.45) is 0 Å². The minimum atomic E-state index is 0.835. The first kappa shape index (κ1) is 24.9. The quantitative estimate of drug-likeness (QED) is 0.123. The highest BCUT2D eigenvalue weighted by Crippen LogP contribution is 2.15. The van der Waals surface area contributed by atoms with Crippen LogP contribution in [-0.4, -0.2) is 31.4 Å². The smallest absolute Gasteiger partial charge is 0.109 e. The molecule has 0 rings (SSSR count). The number of hydrogen-bond acceptors (Lipinski definition) is 1. The average Bonchev–Trinajstić information content (AvgIpc) is 2.60. The van der Waals surface area contributed by atoms with E-state index in [9.17, 15) is 0 Å². The van der Waals surface area contributed by atoms with E-state index >= 15 is 0 Å². The minimum absolute atomic E-state index is 0.835. The number of nitrogens with zero attached hydrogens (tertiary/aromatic N) is 1. The van der Waals surface area contributed by atoms with Gasteiger partial charge in [0.05, 0.1) is 7.05 Å². The average molecular weight is 357 g/mol. The molecule has 0 unspecified atom stereocenters. The third-order valence-corrected chi connectivity index (χ3v) is 5.41. The molecule has 0 aliphatic heterocycles. The summed E-state index contributed by atoms with van der Waals surface area (Å²) in [6, 6.07) is 0. The van der Waals surface area contributed by atoms with Crippen molar-refractivity contribution in [2.45, 2.75) is 124 Å². The van der Waals surface area contributed by atoms with Gasteiger partial charge in [0.25, 0.3) is 0 Å². The molecule has 0 heterocycles. The topological polar surface area (TPSA) is 9.23 Å². The van der Waals surface area contributed by atoms with E-state index in [4.69, 9.17) is 4.84 Å². The first-order valence-electron chi connectivity index (χ1n) is 11.7. The summed E-state index contributed by atoms with van der Waals surface area (Å²) >= 11 is 0. The minimum Gasteiger partial charge on any atom is -0.203 e. The molecule has 0 aromatic rings. The molecule has 0 saturated heterocycles. The fourth-order valence-electron chi connectivity index (χ4n) is 3.71. The van der Waals surface area contributed by atoms with Crippen LogP contribution in [0.2, 0.25) is 0 Å². The second kappa shape index (κ2) is 18.7. The van der Waals surface area contributed by atoms with Crippen LogP contribution in [0, 0.1) is 0 Å². The van der Waals surface area contributed by atoms with E-state index < -0.39 is 0 Å². The highest BCUT2D eigenvalue weighted by atomic mass is 16.7. The van der Waals surface area contributed by atoms with E-state index in [1.165, 1.54) is 116 Å². The Balaban J connectivity index is 3.66. The van der Waals surface area contributed by atoms with Crippen LogP contribution in [0.1, 0.15) is 124 Å². The van der Waals surface area contributed by atoms with Crippen molar-refractivity contribution >= 4 is 0 Å². The summed E-state index contributed by atoms with van der Waals surface area (Å²) < 4.78 is 0.835. The predicted octanol–water partition coefficient (Wildman–Crippen LogP) is 7.67. The highest BCUT2D eigenvalue weighted by molar-refractivity contribution is 4.48. The van der Waals surface area contributed by atoms with Crippen molar-refractivity contribution in [3.05, 3.63) is 0 Å². The summed E-state index contributed by atoms with van der Waals surface area (Å²) in [6.07, 6.45) is 22.3. The van der Waals surface area contributed by atoms with E-state index in [1.54, 1.807) is 0 Å². The van der Waals surface area contributed by atoms with Gasteiger partial charge in [0.15, 0.2) is 0 Å². The molecular formula is C23H50NO+. The summed E-state index contributed by atoms with van der Waals surface area (Å²) in [5.41, 5.74) is 0. The van der Waals surface area contributed by atoms with Gasteiger partial charge in [-0.2, -0.15) is 4.65 Å². The van der Waals surface area contributed by atoms with Gasteiger partial charge in [-0.15, -0.1) is 0 Å². The molecule has 2 heteroatoms. The first-order chi connectivity index (χ1) is 12.2. The second-order valence-corrected chi connectivity index (χ2v) is 8.11. The lowest BCUT2D eigenvalue weighted by atomic mass is 10.1. The highest BCUT2D eigenvalue weighted by Gasteiger charge is 2.21. The molecule has 0 radical (unpaired) electrons. The number of rotatable bonds is 20. The molecule has 0 spiro atoms. The Labute approximate surface area is 160 Å². The van der Waals surface area contributed by atoms with Crippen molar-refractivity contribution < 1.29 is 9.48 Å². The first-order valence-corrected chi connectivity index (χ1v) is 11.7. The van der Waals surface area contributed by atoms with Crippen LogP contribution in [0.5, 0.6) is 0 Å². The lowest BCUT2D eigenvalue weighted by Crippen LogP contribution is -2.45. The lowest BCUT2D eigenvalue weighted by Gasteiger charge is -2.31. The molecule has 0 aromatic heterocycles. The summed E-state index contributed by atoms with van der Waals surface area (Å²) in [7, 11) is 2.30. The van der Waals surface area contributed by atoms with Gasteiger partial charge in [0.2, 0.25) is 0 Å². The zero-order chi connectivity index (χ0) is 18.6.